The summed E-state index contributed by atoms with van der Waals surface area (Å²) in [5.74, 6) is 0.205. The fraction of sp³-hybridized carbons (Fsp3) is 0.545. The van der Waals surface area contributed by atoms with E-state index in [1.165, 1.54) is 0 Å². The van der Waals surface area contributed by atoms with Crippen LogP contribution in [0.15, 0.2) is 29.3 Å². The van der Waals surface area contributed by atoms with Crippen molar-refractivity contribution in [3.05, 3.63) is 24.3 Å². The van der Waals surface area contributed by atoms with E-state index in [4.69, 9.17) is 9.05 Å². The van der Waals surface area contributed by atoms with Crippen molar-refractivity contribution in [3.63, 3.8) is 0 Å². The summed E-state index contributed by atoms with van der Waals surface area (Å²) in [7, 11) is -3.02. The van der Waals surface area contributed by atoms with Gasteiger partial charge in [0, 0.05) is 12.1 Å². The lowest BCUT2D eigenvalue weighted by atomic mass is 10.2. The Morgan fingerprint density at radius 3 is 2.31 bits per heavy atom. The van der Waals surface area contributed by atoms with Gasteiger partial charge in [0.1, 0.15) is 6.29 Å². The van der Waals surface area contributed by atoms with E-state index in [9.17, 15) is 4.57 Å². The summed E-state index contributed by atoms with van der Waals surface area (Å²) in [5.41, 5.74) is 0. The zero-order chi connectivity index (χ0) is 11.9. The molecular formula is C11H18NO3P. The average molecular weight is 243 g/mol. The van der Waals surface area contributed by atoms with E-state index >= 15 is 0 Å². The fourth-order valence-electron chi connectivity index (χ4n) is 1.33. The normalized spacial score (nSPS) is 16.6. The van der Waals surface area contributed by atoms with Gasteiger partial charge in [-0.1, -0.05) is 24.3 Å². The Kier molecular flexibility index (Phi) is 5.67. The second kappa shape index (κ2) is 6.79. The first-order valence-electron chi connectivity index (χ1n) is 5.43. The summed E-state index contributed by atoms with van der Waals surface area (Å²) in [6.45, 7) is 4.32. The van der Waals surface area contributed by atoms with Crippen molar-refractivity contribution in [3.8, 4) is 0 Å². The molecule has 0 spiro atoms. The van der Waals surface area contributed by atoms with Gasteiger partial charge in [0.05, 0.1) is 13.2 Å². The van der Waals surface area contributed by atoms with Gasteiger partial charge in [0.25, 0.3) is 0 Å². The van der Waals surface area contributed by atoms with Crippen molar-refractivity contribution in [2.75, 3.05) is 19.5 Å². The van der Waals surface area contributed by atoms with Crippen molar-refractivity contribution in [2.24, 2.45) is 10.9 Å². The lowest BCUT2D eigenvalue weighted by Crippen LogP contribution is -2.00. The highest BCUT2D eigenvalue weighted by Gasteiger charge is 2.22. The molecule has 0 heterocycles. The third kappa shape index (κ3) is 4.44. The molecule has 0 fully saturated rings. The number of nitrogens with zero attached hydrogens (tertiary/aromatic N) is 1. The van der Waals surface area contributed by atoms with Gasteiger partial charge in [-0.3, -0.25) is 9.56 Å². The SMILES string of the molecule is CCOP(=O)(C/N=C/C1C=CC=C1)OCC. The van der Waals surface area contributed by atoms with Gasteiger partial charge in [0.2, 0.25) is 0 Å². The van der Waals surface area contributed by atoms with E-state index in [2.05, 4.69) is 4.99 Å². The molecule has 0 amide bonds. The maximum atomic E-state index is 12.0. The van der Waals surface area contributed by atoms with Crippen LogP contribution in [0.5, 0.6) is 0 Å². The van der Waals surface area contributed by atoms with Crippen LogP contribution in [-0.4, -0.2) is 25.7 Å². The lowest BCUT2D eigenvalue weighted by Gasteiger charge is -2.14. The van der Waals surface area contributed by atoms with E-state index in [0.717, 1.165) is 0 Å². The Bertz CT molecular complexity index is 314. The molecule has 0 bridgehead atoms. The van der Waals surface area contributed by atoms with Crippen LogP contribution in [0, 0.1) is 5.92 Å². The van der Waals surface area contributed by atoms with Crippen LogP contribution < -0.4 is 0 Å². The molecule has 0 saturated carbocycles. The van der Waals surface area contributed by atoms with Crippen LogP contribution >= 0.6 is 7.60 Å². The first-order chi connectivity index (χ1) is 7.70. The maximum Gasteiger partial charge on any atom is 0.351 e. The zero-order valence-electron chi connectivity index (χ0n) is 9.70. The van der Waals surface area contributed by atoms with E-state index in [-0.39, 0.29) is 12.2 Å². The van der Waals surface area contributed by atoms with Crippen molar-refractivity contribution >= 4 is 13.8 Å². The van der Waals surface area contributed by atoms with Gasteiger partial charge in [-0.05, 0) is 13.8 Å². The highest BCUT2D eigenvalue weighted by molar-refractivity contribution is 7.53. The summed E-state index contributed by atoms with van der Waals surface area (Å²) >= 11 is 0. The summed E-state index contributed by atoms with van der Waals surface area (Å²) in [5, 5.41) is 0. The molecule has 0 saturated heterocycles. The van der Waals surface area contributed by atoms with Crippen LogP contribution in [0.25, 0.3) is 0 Å². The largest absolute Gasteiger partial charge is 0.351 e. The molecule has 1 rings (SSSR count). The molecule has 1 aliphatic carbocycles. The predicted molar refractivity (Wildman–Crippen MR) is 66.0 cm³/mol. The third-order valence-corrected chi connectivity index (χ3v) is 3.77. The standard InChI is InChI=1S/C11H18NO3P/c1-3-14-16(13,15-4-2)10-12-9-11-7-5-6-8-11/h5-9,11H,3-4,10H2,1-2H3/b12-9+. The molecule has 0 aliphatic heterocycles. The lowest BCUT2D eigenvalue weighted by molar-refractivity contribution is 0.221. The number of aliphatic imine (C=N–C) groups is 1. The van der Waals surface area contributed by atoms with E-state index in [0.29, 0.717) is 13.2 Å². The summed E-state index contributed by atoms with van der Waals surface area (Å²) in [6, 6.07) is 0. The van der Waals surface area contributed by atoms with Gasteiger partial charge in [-0.2, -0.15) is 0 Å². The second-order valence-corrected chi connectivity index (χ2v) is 5.29. The Morgan fingerprint density at radius 1 is 1.25 bits per heavy atom. The summed E-state index contributed by atoms with van der Waals surface area (Å²) < 4.78 is 22.2. The van der Waals surface area contributed by atoms with Crippen LogP contribution in [0.3, 0.4) is 0 Å². The molecule has 5 heteroatoms. The molecule has 0 radical (unpaired) electrons. The monoisotopic (exact) mass is 243 g/mol. The van der Waals surface area contributed by atoms with Crippen molar-refractivity contribution in [1.82, 2.24) is 0 Å². The molecule has 16 heavy (non-hydrogen) atoms. The van der Waals surface area contributed by atoms with Gasteiger partial charge < -0.3 is 9.05 Å². The number of rotatable bonds is 7. The molecule has 0 aromatic rings. The van der Waals surface area contributed by atoms with Crippen LogP contribution in [0.2, 0.25) is 0 Å². The predicted octanol–water partition coefficient (Wildman–Crippen LogP) is 3.02. The molecule has 0 aromatic heterocycles. The fourth-order valence-corrected chi connectivity index (χ4v) is 2.65. The quantitative estimate of drug-likeness (QED) is 0.510. The Balaban J connectivity index is 2.45. The molecule has 0 N–H and O–H groups in total. The third-order valence-electron chi connectivity index (χ3n) is 1.96. The van der Waals surface area contributed by atoms with Crippen molar-refractivity contribution in [1.29, 1.82) is 0 Å². The molecular weight excluding hydrogens is 225 g/mol. The van der Waals surface area contributed by atoms with Crippen LogP contribution in [0.1, 0.15) is 13.8 Å². The molecule has 1 aliphatic rings. The minimum atomic E-state index is -3.02. The molecule has 0 aromatic carbocycles. The Hall–Kier alpha value is -0.700. The van der Waals surface area contributed by atoms with Crippen molar-refractivity contribution in [2.45, 2.75) is 13.8 Å². The van der Waals surface area contributed by atoms with Crippen molar-refractivity contribution < 1.29 is 13.6 Å². The highest BCUT2D eigenvalue weighted by Crippen LogP contribution is 2.47. The topological polar surface area (TPSA) is 47.9 Å². The Labute approximate surface area is 96.6 Å². The van der Waals surface area contributed by atoms with Crippen LogP contribution in [-0.2, 0) is 13.6 Å². The van der Waals surface area contributed by atoms with Gasteiger partial charge in [0.15, 0.2) is 0 Å². The van der Waals surface area contributed by atoms with E-state index < -0.39 is 7.60 Å². The maximum absolute atomic E-state index is 12.0. The second-order valence-electron chi connectivity index (χ2n) is 3.27. The molecule has 4 nitrogen and oxygen atoms in total. The van der Waals surface area contributed by atoms with Gasteiger partial charge >= 0.3 is 7.60 Å². The van der Waals surface area contributed by atoms with Gasteiger partial charge in [-0.25, -0.2) is 0 Å². The minimum Gasteiger partial charge on any atom is -0.308 e. The molecule has 0 unspecified atom stereocenters. The zero-order valence-corrected chi connectivity index (χ0v) is 10.6. The highest BCUT2D eigenvalue weighted by atomic mass is 31.2. The number of hydrogen-bond acceptors (Lipinski definition) is 4. The Morgan fingerprint density at radius 2 is 1.81 bits per heavy atom. The first kappa shape index (κ1) is 13.4. The molecule has 90 valence electrons. The van der Waals surface area contributed by atoms with E-state index in [1.54, 1.807) is 20.1 Å². The average Bonchev–Trinajstić information content (AvgIpc) is 2.71. The van der Waals surface area contributed by atoms with Crippen LogP contribution in [0.4, 0.5) is 0 Å². The first-order valence-corrected chi connectivity index (χ1v) is 7.16. The summed E-state index contributed by atoms with van der Waals surface area (Å²) in [4.78, 5) is 4.12. The minimum absolute atomic E-state index is 0.0901. The molecule has 0 atom stereocenters. The van der Waals surface area contributed by atoms with E-state index in [1.807, 2.05) is 24.3 Å². The smallest absolute Gasteiger partial charge is 0.308 e. The van der Waals surface area contributed by atoms with Gasteiger partial charge in [-0.15, -0.1) is 0 Å². The summed E-state index contributed by atoms with van der Waals surface area (Å²) in [6.07, 6.45) is 9.78. The number of allylic oxidation sites excluding steroid dienone is 4. The number of hydrogen-bond donors (Lipinski definition) is 0.